The van der Waals surface area contributed by atoms with Crippen LogP contribution >= 0.6 is 0 Å². The highest BCUT2D eigenvalue weighted by Gasteiger charge is 2.41. The maximum Gasteiger partial charge on any atom is 0.191 e. The number of rotatable bonds is 5. The van der Waals surface area contributed by atoms with E-state index in [0.717, 1.165) is 30.5 Å². The van der Waals surface area contributed by atoms with Crippen LogP contribution < -0.4 is 10.6 Å². The topological polar surface area (TPSA) is 39.7 Å². The summed E-state index contributed by atoms with van der Waals surface area (Å²) in [7, 11) is 0. The molecular weight excluding hydrogens is 315 g/mol. The lowest BCUT2D eigenvalue weighted by Gasteiger charge is -2.33. The highest BCUT2D eigenvalue weighted by Crippen LogP contribution is 2.41. The number of hydrogen-bond acceptors (Lipinski definition) is 2. The van der Waals surface area contributed by atoms with Gasteiger partial charge in [0.15, 0.2) is 5.96 Å². The fourth-order valence-corrected chi connectivity index (χ4v) is 3.98. The lowest BCUT2D eigenvalue weighted by molar-refractivity contribution is 0.197. The van der Waals surface area contributed by atoms with Crippen LogP contribution in [0.4, 0.5) is 4.39 Å². The summed E-state index contributed by atoms with van der Waals surface area (Å²) in [5.74, 6) is 1.07. The number of nitrogens with zero attached hydrogens (tertiary/aromatic N) is 2. The highest BCUT2D eigenvalue weighted by atomic mass is 19.1. The quantitative estimate of drug-likeness (QED) is 0.637. The van der Waals surface area contributed by atoms with Gasteiger partial charge >= 0.3 is 0 Å². The molecule has 2 N–H and O–H groups in total. The van der Waals surface area contributed by atoms with Crippen LogP contribution in [0.15, 0.2) is 29.3 Å². The molecule has 0 spiro atoms. The lowest BCUT2D eigenvalue weighted by atomic mass is 10.1. The van der Waals surface area contributed by atoms with Gasteiger partial charge in [0, 0.05) is 43.7 Å². The Balaban J connectivity index is 1.29. The standard InChI is InChI=1S/C20H29FN4/c1-2-22-20(23-14-9-11-25(12-10-14)15-7-8-15)24-19-13-17(19)16-5-3-4-6-18(16)21/h3-6,14-15,17,19H,2,7-13H2,1H3,(H2,22,23,24). The Labute approximate surface area is 149 Å². The maximum absolute atomic E-state index is 13.9. The van der Waals surface area contributed by atoms with Crippen molar-refractivity contribution >= 4 is 5.96 Å². The Morgan fingerprint density at radius 3 is 2.60 bits per heavy atom. The zero-order valence-electron chi connectivity index (χ0n) is 15.0. The van der Waals surface area contributed by atoms with E-state index < -0.39 is 0 Å². The van der Waals surface area contributed by atoms with Gasteiger partial charge in [0.2, 0.25) is 0 Å². The van der Waals surface area contributed by atoms with E-state index in [0.29, 0.717) is 12.1 Å². The van der Waals surface area contributed by atoms with Gasteiger partial charge in [0.05, 0.1) is 0 Å². The Hall–Kier alpha value is -1.62. The van der Waals surface area contributed by atoms with Gasteiger partial charge in [-0.25, -0.2) is 4.39 Å². The molecule has 3 aliphatic rings. The molecule has 2 unspecified atom stereocenters. The van der Waals surface area contributed by atoms with Crippen LogP contribution in [0.25, 0.3) is 0 Å². The van der Waals surface area contributed by atoms with Gasteiger partial charge in [-0.3, -0.25) is 4.99 Å². The smallest absolute Gasteiger partial charge is 0.191 e. The summed E-state index contributed by atoms with van der Waals surface area (Å²) in [6.07, 6.45) is 6.12. The summed E-state index contributed by atoms with van der Waals surface area (Å²) < 4.78 is 13.9. The third-order valence-electron chi connectivity index (χ3n) is 5.67. The molecule has 5 heteroatoms. The van der Waals surface area contributed by atoms with Crippen molar-refractivity contribution in [2.75, 3.05) is 19.6 Å². The first kappa shape index (κ1) is 16.8. The normalized spacial score (nSPS) is 28.0. The SMILES string of the molecule is CCN=C(NC1CCN(C2CC2)CC1)NC1CC1c1ccccc1F. The molecule has 0 radical (unpaired) electrons. The lowest BCUT2D eigenvalue weighted by Crippen LogP contribution is -2.49. The summed E-state index contributed by atoms with van der Waals surface area (Å²) in [6, 6.07) is 8.79. The van der Waals surface area contributed by atoms with E-state index in [9.17, 15) is 4.39 Å². The van der Waals surface area contributed by atoms with Crippen molar-refractivity contribution in [3.63, 3.8) is 0 Å². The first-order chi connectivity index (χ1) is 12.2. The number of benzene rings is 1. The number of guanidine groups is 1. The van der Waals surface area contributed by atoms with Crippen LogP contribution in [0.2, 0.25) is 0 Å². The molecule has 1 aromatic carbocycles. The number of halogens is 1. The second-order valence-corrected chi connectivity index (χ2v) is 7.62. The molecule has 0 amide bonds. The van der Waals surface area contributed by atoms with E-state index in [4.69, 9.17) is 0 Å². The summed E-state index contributed by atoms with van der Waals surface area (Å²) in [6.45, 7) is 5.21. The largest absolute Gasteiger partial charge is 0.354 e. The predicted octanol–water partition coefficient (Wildman–Crippen LogP) is 2.86. The van der Waals surface area contributed by atoms with Crippen molar-refractivity contribution in [2.45, 2.75) is 63.1 Å². The first-order valence-electron chi connectivity index (χ1n) is 9.80. The number of likely N-dealkylation sites (tertiary alicyclic amines) is 1. The molecule has 0 bridgehead atoms. The molecule has 1 heterocycles. The van der Waals surface area contributed by atoms with Crippen LogP contribution in [0, 0.1) is 5.82 Å². The molecule has 0 aromatic heterocycles. The van der Waals surface area contributed by atoms with Crippen LogP contribution in [0.3, 0.4) is 0 Å². The molecule has 2 atom stereocenters. The molecule has 4 rings (SSSR count). The predicted molar refractivity (Wildman–Crippen MR) is 99.4 cm³/mol. The van der Waals surface area contributed by atoms with E-state index in [1.54, 1.807) is 12.1 Å². The maximum atomic E-state index is 13.9. The van der Waals surface area contributed by atoms with E-state index in [1.807, 2.05) is 12.1 Å². The zero-order valence-corrected chi connectivity index (χ0v) is 15.0. The number of hydrogen-bond donors (Lipinski definition) is 2. The second kappa shape index (κ2) is 7.32. The average Bonchev–Trinajstić information content (AvgIpc) is 3.52. The van der Waals surface area contributed by atoms with Gasteiger partial charge < -0.3 is 15.5 Å². The van der Waals surface area contributed by atoms with Crippen molar-refractivity contribution in [1.29, 1.82) is 0 Å². The van der Waals surface area contributed by atoms with Crippen LogP contribution in [0.1, 0.15) is 50.5 Å². The van der Waals surface area contributed by atoms with Crippen molar-refractivity contribution < 1.29 is 4.39 Å². The molecule has 25 heavy (non-hydrogen) atoms. The molecule has 1 saturated heterocycles. The van der Waals surface area contributed by atoms with Gasteiger partial charge in [-0.2, -0.15) is 0 Å². The van der Waals surface area contributed by atoms with Gasteiger partial charge in [0.25, 0.3) is 0 Å². The van der Waals surface area contributed by atoms with E-state index in [-0.39, 0.29) is 11.7 Å². The Bertz CT molecular complexity index is 620. The molecule has 4 nitrogen and oxygen atoms in total. The molecule has 136 valence electrons. The third kappa shape index (κ3) is 4.14. The Morgan fingerprint density at radius 2 is 1.92 bits per heavy atom. The van der Waals surface area contributed by atoms with Gasteiger partial charge in [-0.15, -0.1) is 0 Å². The van der Waals surface area contributed by atoms with Crippen molar-refractivity contribution in [1.82, 2.24) is 15.5 Å². The van der Waals surface area contributed by atoms with Crippen LogP contribution in [-0.4, -0.2) is 48.6 Å². The zero-order chi connectivity index (χ0) is 17.2. The fraction of sp³-hybridized carbons (Fsp3) is 0.650. The Morgan fingerprint density at radius 1 is 1.16 bits per heavy atom. The van der Waals surface area contributed by atoms with Crippen LogP contribution in [-0.2, 0) is 0 Å². The highest BCUT2D eigenvalue weighted by molar-refractivity contribution is 5.81. The Kier molecular flexibility index (Phi) is 4.93. The number of nitrogens with one attached hydrogen (secondary N) is 2. The summed E-state index contributed by atoms with van der Waals surface area (Å²) in [4.78, 5) is 7.24. The third-order valence-corrected chi connectivity index (χ3v) is 5.67. The summed E-state index contributed by atoms with van der Waals surface area (Å²) >= 11 is 0. The molecule has 3 fully saturated rings. The number of piperidine rings is 1. The monoisotopic (exact) mass is 344 g/mol. The van der Waals surface area contributed by atoms with Gasteiger partial charge in [0.1, 0.15) is 5.82 Å². The number of aliphatic imine (C=N–C) groups is 1. The van der Waals surface area contributed by atoms with E-state index in [1.165, 1.54) is 38.8 Å². The fourth-order valence-electron chi connectivity index (χ4n) is 3.98. The van der Waals surface area contributed by atoms with E-state index >= 15 is 0 Å². The molecule has 1 aliphatic heterocycles. The molecule has 2 saturated carbocycles. The minimum absolute atomic E-state index is 0.0915. The summed E-state index contributed by atoms with van der Waals surface area (Å²) in [5.41, 5.74) is 0.827. The summed E-state index contributed by atoms with van der Waals surface area (Å²) in [5, 5.41) is 7.13. The molecule has 1 aromatic rings. The minimum Gasteiger partial charge on any atom is -0.354 e. The van der Waals surface area contributed by atoms with Gasteiger partial charge in [-0.1, -0.05) is 18.2 Å². The van der Waals surface area contributed by atoms with Crippen LogP contribution in [0.5, 0.6) is 0 Å². The van der Waals surface area contributed by atoms with Crippen molar-refractivity contribution in [2.24, 2.45) is 4.99 Å². The van der Waals surface area contributed by atoms with Crippen molar-refractivity contribution in [3.8, 4) is 0 Å². The minimum atomic E-state index is -0.0915. The van der Waals surface area contributed by atoms with Crippen molar-refractivity contribution in [3.05, 3.63) is 35.6 Å². The average molecular weight is 344 g/mol. The first-order valence-corrected chi connectivity index (χ1v) is 9.80. The molecule has 2 aliphatic carbocycles. The van der Waals surface area contributed by atoms with E-state index in [2.05, 4.69) is 27.4 Å². The van der Waals surface area contributed by atoms with Gasteiger partial charge in [-0.05, 0) is 50.7 Å². The second-order valence-electron chi connectivity index (χ2n) is 7.62. The molecular formula is C20H29FN4.